The van der Waals surface area contributed by atoms with Gasteiger partial charge in [-0.2, -0.15) is 0 Å². The topological polar surface area (TPSA) is 47.7 Å². The number of anilines is 1. The Balaban J connectivity index is 1.90. The van der Waals surface area contributed by atoms with E-state index in [0.717, 1.165) is 50.8 Å². The molecule has 2 aliphatic heterocycles. The van der Waals surface area contributed by atoms with Crippen molar-refractivity contribution in [2.24, 2.45) is 0 Å². The van der Waals surface area contributed by atoms with E-state index in [0.29, 0.717) is 6.04 Å². The van der Waals surface area contributed by atoms with Crippen molar-refractivity contribution in [3.8, 4) is 5.75 Å². The molecule has 0 bridgehead atoms. The van der Waals surface area contributed by atoms with Gasteiger partial charge in [0.15, 0.2) is 0 Å². The summed E-state index contributed by atoms with van der Waals surface area (Å²) in [5.74, 6) is 0.884. The van der Waals surface area contributed by atoms with Crippen LogP contribution in [0.3, 0.4) is 0 Å². The molecule has 4 heteroatoms. The Labute approximate surface area is 101 Å². The summed E-state index contributed by atoms with van der Waals surface area (Å²) >= 11 is 0. The fourth-order valence-electron chi connectivity index (χ4n) is 2.70. The summed E-state index contributed by atoms with van der Waals surface area (Å²) in [6.07, 6.45) is 1.04. The van der Waals surface area contributed by atoms with Gasteiger partial charge in [0.1, 0.15) is 5.75 Å². The van der Waals surface area contributed by atoms with Crippen molar-refractivity contribution in [2.45, 2.75) is 12.5 Å². The van der Waals surface area contributed by atoms with Gasteiger partial charge in [-0.3, -0.25) is 4.90 Å². The lowest BCUT2D eigenvalue weighted by Gasteiger charge is -2.37. The van der Waals surface area contributed by atoms with Crippen LogP contribution in [0.2, 0.25) is 0 Å². The molecule has 0 spiro atoms. The molecule has 0 aromatic heterocycles. The molecule has 3 rings (SSSR count). The Bertz CT molecular complexity index is 402. The van der Waals surface area contributed by atoms with Gasteiger partial charge in [-0.25, -0.2) is 0 Å². The maximum Gasteiger partial charge on any atom is 0.146 e. The summed E-state index contributed by atoms with van der Waals surface area (Å²) in [5, 5.41) is 0. The van der Waals surface area contributed by atoms with Crippen molar-refractivity contribution in [2.75, 3.05) is 38.6 Å². The van der Waals surface area contributed by atoms with Gasteiger partial charge in [0.2, 0.25) is 0 Å². The summed E-state index contributed by atoms with van der Waals surface area (Å²) in [6.45, 7) is 4.41. The molecule has 2 N–H and O–H groups in total. The summed E-state index contributed by atoms with van der Waals surface area (Å²) in [6, 6.07) is 6.48. The maximum atomic E-state index is 5.96. The van der Waals surface area contributed by atoms with Crippen LogP contribution < -0.4 is 10.5 Å². The molecule has 0 saturated carbocycles. The van der Waals surface area contributed by atoms with Gasteiger partial charge >= 0.3 is 0 Å². The van der Waals surface area contributed by atoms with Crippen LogP contribution in [0.4, 0.5) is 5.69 Å². The highest BCUT2D eigenvalue weighted by atomic mass is 16.5. The minimum Gasteiger partial charge on any atom is -0.491 e. The predicted octanol–water partition coefficient (Wildman–Crippen LogP) is 1.42. The zero-order valence-corrected chi connectivity index (χ0v) is 9.89. The van der Waals surface area contributed by atoms with E-state index in [1.807, 2.05) is 12.1 Å². The van der Waals surface area contributed by atoms with E-state index in [9.17, 15) is 0 Å². The van der Waals surface area contributed by atoms with Crippen LogP contribution in [-0.2, 0) is 4.74 Å². The number of morpholine rings is 1. The molecule has 2 aliphatic rings. The zero-order chi connectivity index (χ0) is 11.7. The SMILES string of the molecule is Nc1cccc2c1OCCC2N1CCOCC1. The third kappa shape index (κ3) is 1.98. The fourth-order valence-corrected chi connectivity index (χ4v) is 2.70. The minimum atomic E-state index is 0.436. The number of fused-ring (bicyclic) bond motifs is 1. The van der Waals surface area contributed by atoms with E-state index in [1.54, 1.807) is 0 Å². The molecule has 4 nitrogen and oxygen atoms in total. The standard InChI is InChI=1S/C13H18N2O2/c14-11-3-1-2-10-12(4-7-17-13(10)11)15-5-8-16-9-6-15/h1-3,12H,4-9,14H2. The van der Waals surface area contributed by atoms with E-state index in [2.05, 4.69) is 11.0 Å². The minimum absolute atomic E-state index is 0.436. The van der Waals surface area contributed by atoms with Crippen LogP contribution in [0.25, 0.3) is 0 Å². The highest BCUT2D eigenvalue weighted by Gasteiger charge is 2.28. The lowest BCUT2D eigenvalue weighted by molar-refractivity contribution is 0.00717. The zero-order valence-electron chi connectivity index (χ0n) is 9.89. The first-order valence-corrected chi connectivity index (χ1v) is 6.19. The summed E-state index contributed by atoms with van der Waals surface area (Å²) < 4.78 is 11.1. The first-order chi connectivity index (χ1) is 8.36. The van der Waals surface area contributed by atoms with Crippen molar-refractivity contribution >= 4 is 5.69 Å². The van der Waals surface area contributed by atoms with E-state index >= 15 is 0 Å². The number of hydrogen-bond donors (Lipinski definition) is 1. The summed E-state index contributed by atoms with van der Waals surface area (Å²) in [7, 11) is 0. The molecule has 2 heterocycles. The highest BCUT2D eigenvalue weighted by Crippen LogP contribution is 2.39. The van der Waals surface area contributed by atoms with E-state index in [1.165, 1.54) is 5.56 Å². The van der Waals surface area contributed by atoms with Gasteiger partial charge in [0.05, 0.1) is 25.5 Å². The molecule has 1 atom stereocenters. The molecule has 1 aromatic carbocycles. The monoisotopic (exact) mass is 234 g/mol. The number of nitrogens with two attached hydrogens (primary N) is 1. The largest absolute Gasteiger partial charge is 0.491 e. The third-order valence-corrected chi connectivity index (χ3v) is 3.56. The number of hydrogen-bond acceptors (Lipinski definition) is 4. The summed E-state index contributed by atoms with van der Waals surface area (Å²) in [4.78, 5) is 2.48. The van der Waals surface area contributed by atoms with Crippen molar-refractivity contribution in [3.05, 3.63) is 23.8 Å². The first kappa shape index (κ1) is 10.9. The van der Waals surface area contributed by atoms with Gasteiger partial charge < -0.3 is 15.2 Å². The molecule has 0 amide bonds. The van der Waals surface area contributed by atoms with E-state index in [4.69, 9.17) is 15.2 Å². The van der Waals surface area contributed by atoms with Gasteiger partial charge in [-0.05, 0) is 6.07 Å². The predicted molar refractivity (Wildman–Crippen MR) is 66.1 cm³/mol. The number of para-hydroxylation sites is 1. The normalized spacial score (nSPS) is 25.1. The van der Waals surface area contributed by atoms with Gasteiger partial charge in [-0.15, -0.1) is 0 Å². The molecule has 17 heavy (non-hydrogen) atoms. The van der Waals surface area contributed by atoms with Crippen LogP contribution in [0.15, 0.2) is 18.2 Å². The summed E-state index contributed by atoms with van der Waals surface area (Å²) in [5.41, 5.74) is 7.95. The van der Waals surface area contributed by atoms with Gasteiger partial charge in [-0.1, -0.05) is 12.1 Å². The average molecular weight is 234 g/mol. The van der Waals surface area contributed by atoms with Gasteiger partial charge in [0, 0.05) is 31.1 Å². The molecule has 1 saturated heterocycles. The maximum absolute atomic E-state index is 5.96. The number of ether oxygens (including phenoxy) is 2. The number of benzene rings is 1. The lowest BCUT2D eigenvalue weighted by Crippen LogP contribution is -2.40. The Morgan fingerprint density at radius 2 is 2.00 bits per heavy atom. The smallest absolute Gasteiger partial charge is 0.146 e. The van der Waals surface area contributed by atoms with Crippen molar-refractivity contribution in [3.63, 3.8) is 0 Å². The number of rotatable bonds is 1. The quantitative estimate of drug-likeness (QED) is 0.747. The molecule has 1 unspecified atom stereocenters. The molecule has 92 valence electrons. The van der Waals surface area contributed by atoms with Crippen LogP contribution in [0.1, 0.15) is 18.0 Å². The fraction of sp³-hybridized carbons (Fsp3) is 0.538. The second kappa shape index (κ2) is 4.55. The van der Waals surface area contributed by atoms with E-state index < -0.39 is 0 Å². The Kier molecular flexibility index (Phi) is 2.91. The van der Waals surface area contributed by atoms with Crippen LogP contribution >= 0.6 is 0 Å². The Morgan fingerprint density at radius 1 is 1.18 bits per heavy atom. The van der Waals surface area contributed by atoms with E-state index in [-0.39, 0.29) is 0 Å². The Hall–Kier alpha value is -1.26. The molecule has 1 aromatic rings. The third-order valence-electron chi connectivity index (χ3n) is 3.56. The van der Waals surface area contributed by atoms with Crippen LogP contribution in [0, 0.1) is 0 Å². The molecule has 0 radical (unpaired) electrons. The van der Waals surface area contributed by atoms with Crippen molar-refractivity contribution in [1.29, 1.82) is 0 Å². The first-order valence-electron chi connectivity index (χ1n) is 6.19. The van der Waals surface area contributed by atoms with Crippen LogP contribution in [0.5, 0.6) is 5.75 Å². The highest BCUT2D eigenvalue weighted by molar-refractivity contribution is 5.58. The second-order valence-electron chi connectivity index (χ2n) is 4.57. The van der Waals surface area contributed by atoms with Crippen LogP contribution in [-0.4, -0.2) is 37.8 Å². The molecule has 0 aliphatic carbocycles. The van der Waals surface area contributed by atoms with Gasteiger partial charge in [0.25, 0.3) is 0 Å². The Morgan fingerprint density at radius 3 is 2.82 bits per heavy atom. The molecular formula is C13H18N2O2. The molecule has 1 fully saturated rings. The number of nitrogens with zero attached hydrogens (tertiary/aromatic N) is 1. The average Bonchev–Trinajstić information content (AvgIpc) is 2.40. The van der Waals surface area contributed by atoms with Crippen molar-refractivity contribution < 1.29 is 9.47 Å². The number of nitrogen functional groups attached to an aromatic ring is 1. The van der Waals surface area contributed by atoms with Crippen molar-refractivity contribution in [1.82, 2.24) is 4.90 Å². The molecular weight excluding hydrogens is 216 g/mol. The lowest BCUT2D eigenvalue weighted by atomic mass is 9.98. The second-order valence-corrected chi connectivity index (χ2v) is 4.57.